The second kappa shape index (κ2) is 6.72. The van der Waals surface area contributed by atoms with Gasteiger partial charge in [-0.15, -0.1) is 5.10 Å². The summed E-state index contributed by atoms with van der Waals surface area (Å²) >= 11 is 6.09. The minimum Gasteiger partial charge on any atom is -0.393 e. The summed E-state index contributed by atoms with van der Waals surface area (Å²) in [5, 5.41) is 21.3. The molecule has 8 heteroatoms. The van der Waals surface area contributed by atoms with Crippen LogP contribution in [0.2, 0.25) is 5.02 Å². The molecule has 7 nitrogen and oxygen atoms in total. The summed E-state index contributed by atoms with van der Waals surface area (Å²) in [6, 6.07) is 3.59. The Hall–Kier alpha value is -1.86. The fraction of sp³-hybridized carbons (Fsp3) is 0.533. The van der Waals surface area contributed by atoms with Gasteiger partial charge in [-0.2, -0.15) is 4.98 Å². The van der Waals surface area contributed by atoms with E-state index in [-0.39, 0.29) is 17.9 Å². The number of halogens is 1. The molecule has 3 atom stereocenters. The standard InChI is InChI=1S/C15H21ClN6O/c1-22(2)15-19-13(20-21-15)9-6-10(12(23)7-9)8-18-14-11(16)4-3-5-17-14/h3-5,9-10,12,23H,6-8H2,1-2H3,(H,17,18)(H,19,20,21)/t9-,10+,12+/m0/s1. The number of nitrogens with zero attached hydrogens (tertiary/aromatic N) is 4. The third kappa shape index (κ3) is 3.56. The molecule has 0 aliphatic heterocycles. The zero-order valence-electron chi connectivity index (χ0n) is 13.2. The number of H-pyrrole nitrogens is 1. The first-order valence-corrected chi connectivity index (χ1v) is 8.04. The van der Waals surface area contributed by atoms with E-state index in [1.807, 2.05) is 19.0 Å². The Morgan fingerprint density at radius 1 is 1.43 bits per heavy atom. The van der Waals surface area contributed by atoms with Crippen LogP contribution in [0.25, 0.3) is 0 Å². The van der Waals surface area contributed by atoms with Gasteiger partial charge in [0.25, 0.3) is 0 Å². The largest absolute Gasteiger partial charge is 0.393 e. The molecule has 0 radical (unpaired) electrons. The van der Waals surface area contributed by atoms with Crippen molar-refractivity contribution in [1.29, 1.82) is 0 Å². The molecule has 0 amide bonds. The minimum atomic E-state index is -0.372. The van der Waals surface area contributed by atoms with Crippen molar-refractivity contribution >= 4 is 23.4 Å². The Morgan fingerprint density at radius 3 is 2.96 bits per heavy atom. The second-order valence-electron chi connectivity index (χ2n) is 6.13. The number of aliphatic hydroxyl groups is 1. The number of hydrogen-bond donors (Lipinski definition) is 3. The molecular weight excluding hydrogens is 316 g/mol. The molecule has 2 aromatic rings. The first-order chi connectivity index (χ1) is 11.0. The van der Waals surface area contributed by atoms with Gasteiger partial charge in [0, 0.05) is 38.7 Å². The average Bonchev–Trinajstić information content (AvgIpc) is 3.13. The lowest BCUT2D eigenvalue weighted by Crippen LogP contribution is -2.22. The van der Waals surface area contributed by atoms with Crippen molar-refractivity contribution in [2.45, 2.75) is 24.9 Å². The molecule has 0 aromatic carbocycles. The fourth-order valence-corrected chi connectivity index (χ4v) is 3.12. The summed E-state index contributed by atoms with van der Waals surface area (Å²) in [4.78, 5) is 10.5. The number of aliphatic hydroxyl groups excluding tert-OH is 1. The zero-order valence-corrected chi connectivity index (χ0v) is 14.0. The van der Waals surface area contributed by atoms with Crippen molar-refractivity contribution in [3.8, 4) is 0 Å². The second-order valence-corrected chi connectivity index (χ2v) is 6.53. The van der Waals surface area contributed by atoms with Gasteiger partial charge in [0.05, 0.1) is 11.1 Å². The van der Waals surface area contributed by atoms with E-state index in [1.54, 1.807) is 18.3 Å². The van der Waals surface area contributed by atoms with Crippen LogP contribution in [-0.4, -0.2) is 52.0 Å². The van der Waals surface area contributed by atoms with E-state index in [2.05, 4.69) is 25.5 Å². The Bertz CT molecular complexity index is 661. The number of hydrogen-bond acceptors (Lipinski definition) is 6. The van der Waals surface area contributed by atoms with Crippen molar-refractivity contribution < 1.29 is 5.11 Å². The minimum absolute atomic E-state index is 0.131. The Balaban J connectivity index is 1.61. The molecule has 0 bridgehead atoms. The average molecular weight is 337 g/mol. The molecular formula is C15H21ClN6O. The van der Waals surface area contributed by atoms with Crippen LogP contribution in [-0.2, 0) is 0 Å². The van der Waals surface area contributed by atoms with Crippen LogP contribution >= 0.6 is 11.6 Å². The summed E-state index contributed by atoms with van der Waals surface area (Å²) in [6.07, 6.45) is 2.85. The third-order valence-electron chi connectivity index (χ3n) is 4.23. The normalized spacial score (nSPS) is 23.9. The van der Waals surface area contributed by atoms with Crippen molar-refractivity contribution in [3.63, 3.8) is 0 Å². The lowest BCUT2D eigenvalue weighted by Gasteiger charge is -2.15. The summed E-state index contributed by atoms with van der Waals surface area (Å²) < 4.78 is 0. The van der Waals surface area contributed by atoms with Gasteiger partial charge < -0.3 is 15.3 Å². The quantitative estimate of drug-likeness (QED) is 0.772. The Labute approximate surface area is 140 Å². The molecule has 1 aliphatic rings. The molecule has 0 unspecified atom stereocenters. The molecule has 1 aliphatic carbocycles. The van der Waals surface area contributed by atoms with Crippen LogP contribution in [0.5, 0.6) is 0 Å². The van der Waals surface area contributed by atoms with Gasteiger partial charge >= 0.3 is 0 Å². The zero-order chi connectivity index (χ0) is 16.4. The molecule has 2 heterocycles. The van der Waals surface area contributed by atoms with E-state index >= 15 is 0 Å². The number of anilines is 2. The first kappa shape index (κ1) is 16.0. The molecule has 3 rings (SSSR count). The predicted octanol–water partition coefficient (Wildman–Crippen LogP) is 1.89. The van der Waals surface area contributed by atoms with E-state index in [9.17, 15) is 5.11 Å². The summed E-state index contributed by atoms with van der Waals surface area (Å²) in [6.45, 7) is 0.628. The van der Waals surface area contributed by atoms with E-state index in [4.69, 9.17) is 11.6 Å². The fourth-order valence-electron chi connectivity index (χ4n) is 2.94. The summed E-state index contributed by atoms with van der Waals surface area (Å²) in [5.74, 6) is 2.48. The van der Waals surface area contributed by atoms with Crippen LogP contribution in [0.1, 0.15) is 24.6 Å². The van der Waals surface area contributed by atoms with Crippen molar-refractivity contribution in [2.75, 3.05) is 30.9 Å². The lowest BCUT2D eigenvalue weighted by atomic mass is 10.0. The maximum Gasteiger partial charge on any atom is 0.244 e. The Kier molecular flexibility index (Phi) is 4.68. The van der Waals surface area contributed by atoms with Gasteiger partial charge in [-0.1, -0.05) is 11.6 Å². The van der Waals surface area contributed by atoms with Crippen molar-refractivity contribution in [3.05, 3.63) is 29.2 Å². The molecule has 0 spiro atoms. The van der Waals surface area contributed by atoms with Crippen molar-refractivity contribution in [2.24, 2.45) is 5.92 Å². The number of aromatic nitrogens is 4. The van der Waals surface area contributed by atoms with Gasteiger partial charge in [-0.3, -0.25) is 5.10 Å². The van der Waals surface area contributed by atoms with Crippen molar-refractivity contribution in [1.82, 2.24) is 20.2 Å². The van der Waals surface area contributed by atoms with Gasteiger partial charge in [-0.05, 0) is 25.0 Å². The number of nitrogens with one attached hydrogen (secondary N) is 2. The van der Waals surface area contributed by atoms with E-state index in [0.29, 0.717) is 29.8 Å². The highest BCUT2D eigenvalue weighted by Crippen LogP contribution is 2.37. The number of rotatable bonds is 5. The molecule has 3 N–H and O–H groups in total. The monoisotopic (exact) mass is 336 g/mol. The van der Waals surface area contributed by atoms with Crippen LogP contribution in [0.3, 0.4) is 0 Å². The predicted molar refractivity (Wildman–Crippen MR) is 89.9 cm³/mol. The maximum absolute atomic E-state index is 10.3. The molecule has 2 aromatic heterocycles. The van der Waals surface area contributed by atoms with Crippen LogP contribution < -0.4 is 10.2 Å². The number of pyridine rings is 1. The smallest absolute Gasteiger partial charge is 0.244 e. The van der Waals surface area contributed by atoms with Crippen LogP contribution in [0.15, 0.2) is 18.3 Å². The summed E-state index contributed by atoms with van der Waals surface area (Å²) in [7, 11) is 3.81. The highest BCUT2D eigenvalue weighted by Gasteiger charge is 2.35. The van der Waals surface area contributed by atoms with E-state index < -0.39 is 0 Å². The highest BCUT2D eigenvalue weighted by atomic mass is 35.5. The van der Waals surface area contributed by atoms with Gasteiger partial charge in [0.15, 0.2) is 0 Å². The number of aromatic amines is 1. The maximum atomic E-state index is 10.3. The molecule has 23 heavy (non-hydrogen) atoms. The SMILES string of the molecule is CN(C)c1n[nH]c([C@H]2C[C@H](CNc3ncccc3Cl)[C@H](O)C2)n1. The molecule has 124 valence electrons. The molecule has 0 saturated heterocycles. The first-order valence-electron chi connectivity index (χ1n) is 7.66. The topological polar surface area (TPSA) is 90.0 Å². The van der Waals surface area contributed by atoms with Crippen LogP contribution in [0.4, 0.5) is 11.8 Å². The van der Waals surface area contributed by atoms with Gasteiger partial charge in [-0.25, -0.2) is 4.98 Å². The third-order valence-corrected chi connectivity index (χ3v) is 4.53. The van der Waals surface area contributed by atoms with E-state index in [1.165, 1.54) is 0 Å². The highest BCUT2D eigenvalue weighted by molar-refractivity contribution is 6.32. The Morgan fingerprint density at radius 2 is 2.26 bits per heavy atom. The van der Waals surface area contributed by atoms with Crippen LogP contribution in [0, 0.1) is 5.92 Å². The lowest BCUT2D eigenvalue weighted by molar-refractivity contribution is 0.137. The summed E-state index contributed by atoms with van der Waals surface area (Å²) in [5.41, 5.74) is 0. The molecule has 1 fully saturated rings. The van der Waals surface area contributed by atoms with Gasteiger partial charge in [0.2, 0.25) is 5.95 Å². The van der Waals surface area contributed by atoms with E-state index in [0.717, 1.165) is 12.2 Å². The molecule has 1 saturated carbocycles. The van der Waals surface area contributed by atoms with Gasteiger partial charge in [0.1, 0.15) is 11.6 Å².